The molecule has 9 rings (SSSR count). The van der Waals surface area contributed by atoms with E-state index in [0.29, 0.717) is 17.5 Å². The Morgan fingerprint density at radius 1 is 0.468 bits per heavy atom. The van der Waals surface area contributed by atoms with Crippen molar-refractivity contribution in [2.24, 2.45) is 0 Å². The van der Waals surface area contributed by atoms with Crippen LogP contribution < -0.4 is 4.74 Å². The zero-order valence-corrected chi connectivity index (χ0v) is 25.5. The lowest BCUT2D eigenvalue weighted by atomic mass is 9.79. The van der Waals surface area contributed by atoms with E-state index < -0.39 is 0 Å². The molecule has 0 N–H and O–H groups in total. The first-order valence-corrected chi connectivity index (χ1v) is 15.9. The van der Waals surface area contributed by atoms with Crippen molar-refractivity contribution in [1.29, 1.82) is 0 Å². The van der Waals surface area contributed by atoms with Crippen molar-refractivity contribution < 1.29 is 4.74 Å². The van der Waals surface area contributed by atoms with E-state index in [1.807, 2.05) is 30.3 Å². The van der Waals surface area contributed by atoms with Crippen LogP contribution in [-0.4, -0.2) is 21.1 Å². The molecule has 4 heteroatoms. The molecule has 222 valence electrons. The van der Waals surface area contributed by atoms with Gasteiger partial charge in [0, 0.05) is 22.3 Å². The van der Waals surface area contributed by atoms with Gasteiger partial charge in [0.25, 0.3) is 0 Å². The SMILES string of the molecule is C1=CC2Oc3ccccc3C2C(c2nc(-c3ccccc3)nc(-c3cccc4ccccc34)n2)=C1c1ccc(-c2ccccc2)cc1. The van der Waals surface area contributed by atoms with E-state index in [2.05, 4.69) is 133 Å². The molecule has 2 aliphatic rings. The molecule has 4 nitrogen and oxygen atoms in total. The van der Waals surface area contributed by atoms with Crippen molar-refractivity contribution in [2.75, 3.05) is 0 Å². The van der Waals surface area contributed by atoms with Crippen molar-refractivity contribution in [3.8, 4) is 39.7 Å². The van der Waals surface area contributed by atoms with Crippen LogP contribution in [0.5, 0.6) is 5.75 Å². The maximum absolute atomic E-state index is 6.52. The van der Waals surface area contributed by atoms with E-state index in [1.165, 1.54) is 11.1 Å². The van der Waals surface area contributed by atoms with Gasteiger partial charge in [-0.25, -0.2) is 15.0 Å². The average Bonchev–Trinajstić information content (AvgIpc) is 3.54. The molecule has 0 saturated heterocycles. The first kappa shape index (κ1) is 27.2. The highest BCUT2D eigenvalue weighted by atomic mass is 16.5. The Morgan fingerprint density at radius 2 is 1.09 bits per heavy atom. The number of ether oxygens (including phenoxy) is 1. The van der Waals surface area contributed by atoms with E-state index in [4.69, 9.17) is 19.7 Å². The highest BCUT2D eigenvalue weighted by Gasteiger charge is 2.40. The maximum Gasteiger partial charge on any atom is 0.164 e. The lowest BCUT2D eigenvalue weighted by Crippen LogP contribution is -2.22. The predicted molar refractivity (Wildman–Crippen MR) is 190 cm³/mol. The fourth-order valence-electron chi connectivity index (χ4n) is 6.89. The summed E-state index contributed by atoms with van der Waals surface area (Å²) in [4.78, 5) is 15.6. The normalized spacial score (nSPS) is 16.5. The number of allylic oxidation sites excluding steroid dienone is 2. The summed E-state index contributed by atoms with van der Waals surface area (Å²) < 4.78 is 6.52. The topological polar surface area (TPSA) is 47.9 Å². The monoisotopic (exact) mass is 603 g/mol. The van der Waals surface area contributed by atoms with Gasteiger partial charge in [0.05, 0.1) is 5.92 Å². The van der Waals surface area contributed by atoms with Crippen LogP contribution in [0.4, 0.5) is 0 Å². The Kier molecular flexibility index (Phi) is 6.57. The van der Waals surface area contributed by atoms with Gasteiger partial charge >= 0.3 is 0 Å². The molecular formula is C43H29N3O. The Bertz CT molecular complexity index is 2320. The summed E-state index contributed by atoms with van der Waals surface area (Å²) in [5.41, 5.74) is 8.65. The first-order valence-electron chi connectivity index (χ1n) is 15.9. The number of benzene rings is 6. The molecule has 47 heavy (non-hydrogen) atoms. The van der Waals surface area contributed by atoms with Crippen molar-refractivity contribution >= 4 is 21.9 Å². The minimum absolute atomic E-state index is 0.0774. The van der Waals surface area contributed by atoms with Gasteiger partial charge in [0.15, 0.2) is 17.5 Å². The lowest BCUT2D eigenvalue weighted by Gasteiger charge is -2.26. The van der Waals surface area contributed by atoms with Crippen LogP contribution >= 0.6 is 0 Å². The van der Waals surface area contributed by atoms with E-state index in [1.54, 1.807) is 0 Å². The molecule has 7 aromatic rings. The molecule has 1 aliphatic carbocycles. The Hall–Kier alpha value is -6.13. The fraction of sp³-hybridized carbons (Fsp3) is 0.0465. The standard InChI is InChI=1S/C43H29N3O/c1-3-12-28(13-4-1)29-22-24-31(25-23-29)34-26-27-38-39(36-19-9-10-21-37(36)47-38)40(34)43-45-41(32-15-5-2-6-16-32)44-42(46-43)35-20-11-17-30-14-7-8-18-33(30)35/h1-27,38-39H. The van der Waals surface area contributed by atoms with Crippen molar-refractivity contribution in [3.63, 3.8) is 0 Å². The number of hydrogen-bond donors (Lipinski definition) is 0. The fourth-order valence-corrected chi connectivity index (χ4v) is 6.89. The summed E-state index contributed by atoms with van der Waals surface area (Å²) in [6.07, 6.45) is 4.20. The van der Waals surface area contributed by atoms with Gasteiger partial charge in [-0.2, -0.15) is 0 Å². The zero-order chi connectivity index (χ0) is 31.2. The highest BCUT2D eigenvalue weighted by molar-refractivity contribution is 6.00. The van der Waals surface area contributed by atoms with E-state index >= 15 is 0 Å². The number of aromatic nitrogens is 3. The molecule has 0 fully saturated rings. The predicted octanol–water partition coefficient (Wildman–Crippen LogP) is 10.1. The van der Waals surface area contributed by atoms with Gasteiger partial charge in [-0.05, 0) is 45.2 Å². The second-order valence-corrected chi connectivity index (χ2v) is 11.9. The number of para-hydroxylation sites is 1. The van der Waals surface area contributed by atoms with Crippen molar-refractivity contribution in [1.82, 2.24) is 15.0 Å². The second-order valence-electron chi connectivity index (χ2n) is 11.9. The first-order chi connectivity index (χ1) is 23.3. The molecule has 0 saturated carbocycles. The molecule has 2 unspecified atom stereocenters. The summed E-state index contributed by atoms with van der Waals surface area (Å²) >= 11 is 0. The third-order valence-electron chi connectivity index (χ3n) is 9.14. The van der Waals surface area contributed by atoms with Crippen LogP contribution in [0.2, 0.25) is 0 Å². The third kappa shape index (κ3) is 4.82. The molecule has 1 aromatic heterocycles. The molecule has 2 atom stereocenters. The smallest absolute Gasteiger partial charge is 0.164 e. The van der Waals surface area contributed by atoms with Crippen molar-refractivity contribution in [2.45, 2.75) is 12.0 Å². The number of hydrogen-bond acceptors (Lipinski definition) is 4. The quantitative estimate of drug-likeness (QED) is 0.196. The maximum atomic E-state index is 6.52. The summed E-state index contributed by atoms with van der Waals surface area (Å²) in [7, 11) is 0. The zero-order valence-electron chi connectivity index (χ0n) is 25.5. The van der Waals surface area contributed by atoms with Crippen LogP contribution in [0.15, 0.2) is 164 Å². The number of nitrogens with zero attached hydrogens (tertiary/aromatic N) is 3. The average molecular weight is 604 g/mol. The van der Waals surface area contributed by atoms with Gasteiger partial charge in [-0.15, -0.1) is 0 Å². The minimum Gasteiger partial charge on any atom is -0.485 e. The highest BCUT2D eigenvalue weighted by Crippen LogP contribution is 2.51. The lowest BCUT2D eigenvalue weighted by molar-refractivity contribution is 0.271. The van der Waals surface area contributed by atoms with Crippen LogP contribution in [0.3, 0.4) is 0 Å². The largest absolute Gasteiger partial charge is 0.485 e. The van der Waals surface area contributed by atoms with Gasteiger partial charge in [-0.3, -0.25) is 0 Å². The summed E-state index contributed by atoms with van der Waals surface area (Å²) in [6, 6.07) is 52.5. The number of rotatable bonds is 5. The van der Waals surface area contributed by atoms with Crippen LogP contribution in [0, 0.1) is 0 Å². The molecule has 0 radical (unpaired) electrons. The molecule has 0 bridgehead atoms. The Morgan fingerprint density at radius 3 is 1.91 bits per heavy atom. The molecule has 6 aromatic carbocycles. The molecule has 0 spiro atoms. The minimum atomic E-state index is -0.160. The molecular weight excluding hydrogens is 574 g/mol. The van der Waals surface area contributed by atoms with Crippen molar-refractivity contribution in [3.05, 3.63) is 181 Å². The summed E-state index contributed by atoms with van der Waals surface area (Å²) in [5, 5.41) is 2.25. The third-order valence-corrected chi connectivity index (χ3v) is 9.14. The van der Waals surface area contributed by atoms with Crippen LogP contribution in [0.1, 0.15) is 22.9 Å². The van der Waals surface area contributed by atoms with E-state index in [-0.39, 0.29) is 12.0 Å². The molecule has 2 heterocycles. The molecule has 0 amide bonds. The molecule has 1 aliphatic heterocycles. The number of fused-ring (bicyclic) bond motifs is 4. The van der Waals surface area contributed by atoms with E-state index in [9.17, 15) is 0 Å². The van der Waals surface area contributed by atoms with Crippen LogP contribution in [0.25, 0.3) is 55.8 Å². The Balaban J connectivity index is 1.30. The van der Waals surface area contributed by atoms with Crippen LogP contribution in [-0.2, 0) is 0 Å². The van der Waals surface area contributed by atoms with Gasteiger partial charge in [-0.1, -0.05) is 152 Å². The second kappa shape index (κ2) is 11.3. The van der Waals surface area contributed by atoms with Gasteiger partial charge in [0.1, 0.15) is 11.9 Å². The summed E-state index contributed by atoms with van der Waals surface area (Å²) in [6.45, 7) is 0. The van der Waals surface area contributed by atoms with Gasteiger partial charge < -0.3 is 4.74 Å². The summed E-state index contributed by atoms with van der Waals surface area (Å²) in [5.74, 6) is 2.77. The van der Waals surface area contributed by atoms with E-state index in [0.717, 1.165) is 49.9 Å². The van der Waals surface area contributed by atoms with Gasteiger partial charge in [0.2, 0.25) is 0 Å². The Labute approximate surface area is 273 Å².